The van der Waals surface area contributed by atoms with Crippen molar-refractivity contribution in [1.82, 2.24) is 30.4 Å². The number of carbonyl (C=O) groups excluding carboxylic acids is 8. The highest BCUT2D eigenvalue weighted by Gasteiger charge is 2.34. The Balaban J connectivity index is 1.72. The number of aliphatic carboxylic acids is 4. The minimum absolute atomic E-state index is 0.0893. The number of hydroxylamine groups is 2. The lowest BCUT2D eigenvalue weighted by molar-refractivity contribution is -0.172. The van der Waals surface area contributed by atoms with Gasteiger partial charge >= 0.3 is 29.8 Å². The first-order valence-corrected chi connectivity index (χ1v) is 19.8. The van der Waals surface area contributed by atoms with Crippen molar-refractivity contribution >= 4 is 71.2 Å². The van der Waals surface area contributed by atoms with Gasteiger partial charge in [-0.05, 0) is 56.5 Å². The smallest absolute Gasteiger partial charge is 0.363 e. The number of nitrogens with one attached hydrogen (secondary N) is 2. The highest BCUT2D eigenvalue weighted by molar-refractivity contribution is 6.04. The van der Waals surface area contributed by atoms with Crippen molar-refractivity contribution in [1.29, 1.82) is 0 Å². The molecule has 1 atom stereocenters. The van der Waals surface area contributed by atoms with Crippen LogP contribution in [0.3, 0.4) is 0 Å². The number of nitrogens with zero attached hydrogens (tertiary/aromatic N) is 4. The Morgan fingerprint density at radius 2 is 1.19 bits per heavy atom. The van der Waals surface area contributed by atoms with Gasteiger partial charge in [-0.25, -0.2) is 9.59 Å². The second-order valence-electron chi connectivity index (χ2n) is 14.4. The molecule has 23 heteroatoms. The molecule has 0 radical (unpaired) electrons. The van der Waals surface area contributed by atoms with E-state index in [-0.39, 0.29) is 54.3 Å². The second-order valence-corrected chi connectivity index (χ2v) is 14.4. The first kappa shape index (κ1) is 50.6. The van der Waals surface area contributed by atoms with Crippen LogP contribution >= 0.6 is 0 Å². The zero-order chi connectivity index (χ0) is 47.5. The molecular weight excluding hydrogens is 848 g/mol. The van der Waals surface area contributed by atoms with Gasteiger partial charge in [0, 0.05) is 50.1 Å². The third-order valence-corrected chi connectivity index (χ3v) is 9.41. The molecule has 7 amide bonds. The van der Waals surface area contributed by atoms with Crippen LogP contribution < -0.4 is 10.6 Å². The predicted molar refractivity (Wildman–Crippen MR) is 216 cm³/mol. The number of amides is 7. The number of aryl methyl sites for hydroxylation is 1. The lowest BCUT2D eigenvalue weighted by Crippen LogP contribution is -2.51. The van der Waals surface area contributed by atoms with Gasteiger partial charge in [0.1, 0.15) is 12.6 Å². The average Bonchev–Trinajstić information content (AvgIpc) is 3.55. The predicted octanol–water partition coefficient (Wildman–Crippen LogP) is -0.0910. The molecule has 1 saturated heterocycles. The van der Waals surface area contributed by atoms with Crippen LogP contribution in [0.1, 0.15) is 88.0 Å². The van der Waals surface area contributed by atoms with Gasteiger partial charge in [-0.2, -0.15) is 0 Å². The number of carbonyl (C=O) groups is 12. The number of carboxylic acid groups (broad SMARTS) is 4. The van der Waals surface area contributed by atoms with E-state index in [0.29, 0.717) is 21.8 Å². The van der Waals surface area contributed by atoms with Gasteiger partial charge < -0.3 is 50.6 Å². The van der Waals surface area contributed by atoms with Crippen molar-refractivity contribution in [2.24, 2.45) is 0 Å². The summed E-state index contributed by atoms with van der Waals surface area (Å²) < 4.78 is 0. The van der Waals surface area contributed by atoms with E-state index in [2.05, 4.69) is 10.6 Å². The van der Waals surface area contributed by atoms with Crippen molar-refractivity contribution in [3.63, 3.8) is 0 Å². The Hall–Kier alpha value is -7.72. The summed E-state index contributed by atoms with van der Waals surface area (Å²) in [5.74, 6) is -12.9. The first-order chi connectivity index (χ1) is 30.2. The van der Waals surface area contributed by atoms with Crippen LogP contribution in [0.4, 0.5) is 0 Å². The molecule has 1 aliphatic heterocycles. The number of hydrogen-bond acceptors (Lipinski definition) is 13. The van der Waals surface area contributed by atoms with E-state index in [0.717, 1.165) is 16.5 Å². The van der Waals surface area contributed by atoms with Crippen LogP contribution in [0.2, 0.25) is 0 Å². The van der Waals surface area contributed by atoms with E-state index in [1.165, 1.54) is 18.2 Å². The minimum atomic E-state index is -1.45. The van der Waals surface area contributed by atoms with Gasteiger partial charge in [0.15, 0.2) is 0 Å². The molecule has 3 rings (SSSR count). The number of unbranched alkanes of at least 4 members (excludes halogenated alkanes) is 1. The molecule has 64 heavy (non-hydrogen) atoms. The third kappa shape index (κ3) is 16.6. The normalized spacial score (nSPS) is 12.4. The maximum absolute atomic E-state index is 13.7. The second kappa shape index (κ2) is 24.7. The van der Waals surface area contributed by atoms with Gasteiger partial charge in [-0.15, -0.1) is 5.06 Å². The van der Waals surface area contributed by atoms with Crippen molar-refractivity contribution < 1.29 is 82.8 Å². The van der Waals surface area contributed by atoms with Crippen molar-refractivity contribution in [2.45, 2.75) is 64.3 Å². The molecule has 1 aliphatic rings. The Morgan fingerprint density at radius 3 is 1.75 bits per heavy atom. The molecule has 0 spiro atoms. The highest BCUT2D eigenvalue weighted by atomic mass is 16.7. The molecule has 1 heterocycles. The van der Waals surface area contributed by atoms with Gasteiger partial charge in [-0.1, -0.05) is 23.8 Å². The maximum Gasteiger partial charge on any atom is 0.363 e. The van der Waals surface area contributed by atoms with Crippen LogP contribution in [-0.4, -0.2) is 163 Å². The lowest BCUT2D eigenvalue weighted by Gasteiger charge is -2.29. The van der Waals surface area contributed by atoms with E-state index >= 15 is 0 Å². The number of imide groups is 1. The first-order valence-electron chi connectivity index (χ1n) is 19.8. The molecule has 0 bridgehead atoms. The minimum Gasteiger partial charge on any atom is -0.481 e. The third-order valence-electron chi connectivity index (χ3n) is 9.41. The molecular formula is C41H48N6O17. The summed E-state index contributed by atoms with van der Waals surface area (Å²) in [6.07, 6.45) is -2.02. The van der Waals surface area contributed by atoms with Crippen LogP contribution in [0.15, 0.2) is 48.5 Å². The molecule has 6 N–H and O–H groups in total. The van der Waals surface area contributed by atoms with Crippen molar-refractivity contribution in [3.05, 3.63) is 70.8 Å². The fourth-order valence-electron chi connectivity index (χ4n) is 6.04. The van der Waals surface area contributed by atoms with Crippen LogP contribution in [0.5, 0.6) is 0 Å². The Labute approximate surface area is 364 Å². The zero-order valence-corrected chi connectivity index (χ0v) is 34.7. The van der Waals surface area contributed by atoms with Crippen LogP contribution in [0.25, 0.3) is 0 Å². The Morgan fingerprint density at radius 1 is 0.672 bits per heavy atom. The zero-order valence-electron chi connectivity index (χ0n) is 34.7. The summed E-state index contributed by atoms with van der Waals surface area (Å²) in [5.41, 5.74) is 0.736. The molecule has 2 aromatic carbocycles. The fraction of sp³-hybridized carbons (Fsp3) is 0.415. The van der Waals surface area contributed by atoms with Crippen LogP contribution in [0, 0.1) is 6.92 Å². The Bertz CT molecular complexity index is 2130. The number of carboxylic acids is 4. The summed E-state index contributed by atoms with van der Waals surface area (Å²) in [6.45, 7) is -2.64. The summed E-state index contributed by atoms with van der Waals surface area (Å²) in [5, 5.41) is 43.1. The summed E-state index contributed by atoms with van der Waals surface area (Å²) in [6, 6.07) is 10.0. The van der Waals surface area contributed by atoms with Crippen LogP contribution in [-0.2, 0) is 48.0 Å². The highest BCUT2D eigenvalue weighted by Crippen LogP contribution is 2.17. The number of benzene rings is 2. The van der Waals surface area contributed by atoms with Gasteiger partial charge in [0.2, 0.25) is 17.7 Å². The largest absolute Gasteiger partial charge is 0.481 e. The van der Waals surface area contributed by atoms with Crippen molar-refractivity contribution in [3.8, 4) is 0 Å². The molecule has 0 unspecified atom stereocenters. The van der Waals surface area contributed by atoms with E-state index in [1.54, 1.807) is 18.2 Å². The van der Waals surface area contributed by atoms with Gasteiger partial charge in [0.05, 0.1) is 37.9 Å². The quantitative estimate of drug-likeness (QED) is 0.0531. The van der Waals surface area contributed by atoms with Gasteiger partial charge in [-0.3, -0.25) is 47.9 Å². The SMILES string of the molecule is Cc1cccc(C(=O)NCCCC[C@@H](NC(=O)CN(CCC(=O)O)C(=O)CN(CCC(=O)O)C(=O)CN(CCC(=O)O)C(=O)c2cccc(C(=O)ON3C(=O)CCC3=O)c2)C(=O)O)c1. The van der Waals surface area contributed by atoms with Gasteiger partial charge in [0.25, 0.3) is 23.6 Å². The molecule has 0 saturated carbocycles. The molecule has 344 valence electrons. The molecule has 0 aliphatic carbocycles. The van der Waals surface area contributed by atoms with E-state index < -0.39 is 130 Å². The van der Waals surface area contributed by atoms with E-state index in [4.69, 9.17) is 4.84 Å². The molecule has 1 fully saturated rings. The van der Waals surface area contributed by atoms with E-state index in [1.807, 2.05) is 13.0 Å². The average molecular weight is 897 g/mol. The monoisotopic (exact) mass is 896 g/mol. The molecule has 0 aromatic heterocycles. The maximum atomic E-state index is 13.7. The Kier molecular flexibility index (Phi) is 19.5. The topological polar surface area (TPSA) is 332 Å². The fourth-order valence-corrected chi connectivity index (χ4v) is 6.04. The summed E-state index contributed by atoms with van der Waals surface area (Å²) in [4.78, 5) is 157. The standard InChI is InChI=1S/C41H48N6O17/c1-25-6-4-7-26(20-25)38(59)42-16-3-2-10-29(40(61)62)43-30(48)22-44(17-13-35(53)54)33(51)23-45(18-14-36(55)56)34(52)24-46(19-15-37(57)58)39(60)27-8-5-9-28(21-27)41(63)64-47-31(49)11-12-32(47)50/h4-9,20-21,29H,2-3,10-19,22-24H2,1H3,(H,42,59)(H,43,48)(H,53,54)(H,55,56)(H,57,58)(H,61,62)/t29-/m1/s1. The lowest BCUT2D eigenvalue weighted by atomic mass is 10.1. The number of hydrogen-bond donors (Lipinski definition) is 6. The molecule has 23 nitrogen and oxygen atoms in total. The van der Waals surface area contributed by atoms with E-state index in [9.17, 15) is 78.0 Å². The van der Waals surface area contributed by atoms with Crippen molar-refractivity contribution in [2.75, 3.05) is 45.8 Å². The number of rotatable bonds is 26. The summed E-state index contributed by atoms with van der Waals surface area (Å²) >= 11 is 0. The summed E-state index contributed by atoms with van der Waals surface area (Å²) in [7, 11) is 0. The molecule has 2 aromatic rings.